The molecule has 0 aliphatic carbocycles. The van der Waals surface area contributed by atoms with Crippen molar-refractivity contribution in [2.45, 2.75) is 57.0 Å². The van der Waals surface area contributed by atoms with E-state index in [1.807, 2.05) is 37.4 Å². The van der Waals surface area contributed by atoms with Gasteiger partial charge in [-0.1, -0.05) is 19.1 Å². The Morgan fingerprint density at radius 3 is 2.29 bits per heavy atom. The molecule has 7 heteroatoms. The van der Waals surface area contributed by atoms with Crippen molar-refractivity contribution in [2.24, 2.45) is 5.92 Å². The number of carbonyl (C=O) groups excluding carboxylic acids is 1. The molecule has 0 unspecified atom stereocenters. The maximum Gasteiger partial charge on any atom is 0.255 e. The fraction of sp³-hybridized carbons (Fsp3) is 0.458. The zero-order chi connectivity index (χ0) is 22.6. The van der Waals surface area contributed by atoms with Crippen LogP contribution in [-0.4, -0.2) is 42.9 Å². The molecule has 1 fully saturated rings. The van der Waals surface area contributed by atoms with E-state index in [4.69, 9.17) is 10.5 Å². The van der Waals surface area contributed by atoms with Gasteiger partial charge < -0.3 is 25.7 Å². The Labute approximate surface area is 185 Å². The number of aryl methyl sites for hydroxylation is 1. The molecule has 2 aromatic carbocycles. The first kappa shape index (κ1) is 23.5. The average molecular weight is 443 g/mol. The first-order chi connectivity index (χ1) is 14.7. The largest absolute Gasteiger partial charge is 0.432 e. The Kier molecular flexibility index (Phi) is 7.54. The van der Waals surface area contributed by atoms with Gasteiger partial charge in [0.15, 0.2) is 8.32 Å². The van der Waals surface area contributed by atoms with E-state index < -0.39 is 8.32 Å². The number of nitrogens with one attached hydrogen (secondary N) is 1. The summed E-state index contributed by atoms with van der Waals surface area (Å²) < 4.78 is 6.26. The van der Waals surface area contributed by atoms with E-state index in [1.54, 1.807) is 24.3 Å². The van der Waals surface area contributed by atoms with Gasteiger partial charge in [-0.25, -0.2) is 0 Å². The van der Waals surface area contributed by atoms with E-state index in [0.717, 1.165) is 18.5 Å². The molecular formula is C24H34N2O4Si. The van der Waals surface area contributed by atoms with Crippen molar-refractivity contribution in [3.8, 4) is 0 Å². The van der Waals surface area contributed by atoms with Gasteiger partial charge in [0.05, 0.1) is 12.2 Å². The van der Waals surface area contributed by atoms with Crippen LogP contribution in [0.3, 0.4) is 0 Å². The van der Waals surface area contributed by atoms with Crippen LogP contribution in [0.25, 0.3) is 0 Å². The number of rotatable bonds is 8. The smallest absolute Gasteiger partial charge is 0.255 e. The molecule has 1 aliphatic heterocycles. The summed E-state index contributed by atoms with van der Waals surface area (Å²) >= 11 is 0. The lowest BCUT2D eigenvalue weighted by molar-refractivity contribution is 0.0192. The van der Waals surface area contributed by atoms with Crippen LogP contribution < -0.4 is 11.1 Å². The normalized spacial score (nSPS) is 23.6. The van der Waals surface area contributed by atoms with Crippen LogP contribution in [0.1, 0.15) is 35.7 Å². The highest BCUT2D eigenvalue weighted by Crippen LogP contribution is 2.45. The molecule has 0 saturated carbocycles. The van der Waals surface area contributed by atoms with E-state index >= 15 is 0 Å². The van der Waals surface area contributed by atoms with Crippen LogP contribution in [-0.2, 0) is 11.2 Å². The molecule has 1 aliphatic rings. The summed E-state index contributed by atoms with van der Waals surface area (Å²) in [6, 6.07) is 14.7. The minimum atomic E-state index is -2.38. The fourth-order valence-electron chi connectivity index (χ4n) is 4.71. The van der Waals surface area contributed by atoms with Crippen LogP contribution in [0, 0.1) is 5.92 Å². The minimum Gasteiger partial charge on any atom is -0.432 e. The Hall–Kier alpha value is -2.19. The van der Waals surface area contributed by atoms with Crippen molar-refractivity contribution in [3.63, 3.8) is 0 Å². The highest BCUT2D eigenvalue weighted by Gasteiger charge is 2.49. The first-order valence-electron chi connectivity index (χ1n) is 10.9. The molecule has 0 aromatic heterocycles. The number of anilines is 2. The zero-order valence-corrected chi connectivity index (χ0v) is 19.5. The van der Waals surface area contributed by atoms with Crippen molar-refractivity contribution >= 4 is 25.6 Å². The zero-order valence-electron chi connectivity index (χ0n) is 18.5. The van der Waals surface area contributed by atoms with E-state index in [0.29, 0.717) is 17.7 Å². The number of nitrogen functional groups attached to an aromatic ring is 1. The van der Waals surface area contributed by atoms with Crippen molar-refractivity contribution in [1.82, 2.24) is 0 Å². The molecule has 3 rings (SSSR count). The van der Waals surface area contributed by atoms with Gasteiger partial charge in [-0.05, 0) is 80.2 Å². The molecule has 2 aromatic rings. The highest BCUT2D eigenvalue weighted by atomic mass is 28.4. The summed E-state index contributed by atoms with van der Waals surface area (Å²) in [6.45, 7) is 6.16. The Morgan fingerprint density at radius 1 is 1.06 bits per heavy atom. The second-order valence-electron chi connectivity index (χ2n) is 9.08. The van der Waals surface area contributed by atoms with Gasteiger partial charge in [0, 0.05) is 29.1 Å². The summed E-state index contributed by atoms with van der Waals surface area (Å²) in [7, 11) is -2.38. The number of hydrogen-bond acceptors (Lipinski definition) is 5. The number of hydrogen-bond donors (Lipinski definition) is 4. The van der Waals surface area contributed by atoms with Gasteiger partial charge in [-0.15, -0.1) is 0 Å². The van der Waals surface area contributed by atoms with Crippen molar-refractivity contribution in [3.05, 3.63) is 59.7 Å². The van der Waals surface area contributed by atoms with Crippen LogP contribution in [0.2, 0.25) is 18.6 Å². The van der Waals surface area contributed by atoms with Crippen molar-refractivity contribution < 1.29 is 19.4 Å². The van der Waals surface area contributed by atoms with Gasteiger partial charge in [-0.3, -0.25) is 4.79 Å². The number of aliphatic hydroxyl groups is 1. The lowest BCUT2D eigenvalue weighted by atomic mass is 9.95. The maximum absolute atomic E-state index is 12.3. The Bertz CT molecular complexity index is 865. The molecule has 31 heavy (non-hydrogen) atoms. The van der Waals surface area contributed by atoms with E-state index in [1.165, 1.54) is 5.56 Å². The molecule has 1 saturated heterocycles. The molecule has 168 valence electrons. The molecule has 5 N–H and O–H groups in total. The lowest BCUT2D eigenvalue weighted by Gasteiger charge is -2.30. The van der Waals surface area contributed by atoms with Gasteiger partial charge >= 0.3 is 0 Å². The predicted octanol–water partition coefficient (Wildman–Crippen LogP) is 3.81. The van der Waals surface area contributed by atoms with Crippen LogP contribution in [0.4, 0.5) is 11.4 Å². The lowest BCUT2D eigenvalue weighted by Crippen LogP contribution is -2.40. The van der Waals surface area contributed by atoms with Gasteiger partial charge in [-0.2, -0.15) is 0 Å². The second-order valence-corrected chi connectivity index (χ2v) is 13.0. The Morgan fingerprint density at radius 2 is 1.71 bits per heavy atom. The number of carbonyl (C=O) groups is 1. The molecule has 0 bridgehead atoms. The van der Waals surface area contributed by atoms with E-state index in [2.05, 4.69) is 12.2 Å². The molecule has 4 atom stereocenters. The number of amides is 1. The molecule has 0 spiro atoms. The fourth-order valence-corrected chi connectivity index (χ4v) is 7.36. The summed E-state index contributed by atoms with van der Waals surface area (Å²) in [6.07, 6.45) is 2.30. The second kappa shape index (κ2) is 9.95. The number of nitrogens with two attached hydrogens (primary N) is 1. The quantitative estimate of drug-likeness (QED) is 0.368. The van der Waals surface area contributed by atoms with E-state index in [-0.39, 0.29) is 36.2 Å². The third-order valence-electron chi connectivity index (χ3n) is 6.23. The number of aliphatic hydroxyl groups excluding tert-OH is 1. The maximum atomic E-state index is 12.3. The topological polar surface area (TPSA) is 105 Å². The Balaban J connectivity index is 1.56. The number of benzene rings is 2. The standard InChI is InChI=1S/C24H34N2O4Si/c1-16-21(30-22(14-15-27)23(16)31(2,3)29)13-6-17-4-11-20(12-5-17)26-24(28)18-7-9-19(25)10-8-18/h4-5,7-12,16,21-23,27,29H,6,13-15,25H2,1-3H3,(H,26,28)/t16-,21+,22-,23+/m0/s1. The third kappa shape index (κ3) is 5.95. The van der Waals surface area contributed by atoms with E-state index in [9.17, 15) is 14.7 Å². The predicted molar refractivity (Wildman–Crippen MR) is 127 cm³/mol. The molecule has 0 radical (unpaired) electrons. The third-order valence-corrected chi connectivity index (χ3v) is 8.76. The summed E-state index contributed by atoms with van der Waals surface area (Å²) in [4.78, 5) is 23.1. The highest BCUT2D eigenvalue weighted by molar-refractivity contribution is 6.71. The minimum absolute atomic E-state index is 0.0670. The summed E-state index contributed by atoms with van der Waals surface area (Å²) in [5.74, 6) is 0.0966. The molecule has 1 heterocycles. The molecular weight excluding hydrogens is 408 g/mol. The number of ether oxygens (including phenoxy) is 1. The van der Waals surface area contributed by atoms with Gasteiger partial charge in [0.25, 0.3) is 5.91 Å². The summed E-state index contributed by atoms with van der Waals surface area (Å²) in [5, 5.41) is 12.3. The van der Waals surface area contributed by atoms with Crippen LogP contribution in [0.15, 0.2) is 48.5 Å². The summed E-state index contributed by atoms with van der Waals surface area (Å²) in [5.41, 5.74) is 8.90. The van der Waals surface area contributed by atoms with Crippen LogP contribution >= 0.6 is 0 Å². The van der Waals surface area contributed by atoms with Crippen molar-refractivity contribution in [2.75, 3.05) is 17.7 Å². The SMILES string of the molecule is C[C@@H]1[C@@H]([Si](C)(C)O)[C@H](CCO)O[C@@H]1CCc1ccc(NC(=O)c2ccc(N)cc2)cc1. The molecule has 6 nitrogen and oxygen atoms in total. The van der Waals surface area contributed by atoms with Crippen molar-refractivity contribution in [1.29, 1.82) is 0 Å². The molecule has 1 amide bonds. The van der Waals surface area contributed by atoms with Gasteiger partial charge in [0.1, 0.15) is 0 Å². The van der Waals surface area contributed by atoms with Gasteiger partial charge in [0.2, 0.25) is 0 Å². The first-order valence-corrected chi connectivity index (χ1v) is 14.0. The monoisotopic (exact) mass is 442 g/mol. The van der Waals surface area contributed by atoms with Crippen LogP contribution in [0.5, 0.6) is 0 Å². The average Bonchev–Trinajstić information content (AvgIpc) is 3.03.